The zero-order chi connectivity index (χ0) is 14.7. The van der Waals surface area contributed by atoms with Crippen molar-refractivity contribution < 1.29 is 18.0 Å². The van der Waals surface area contributed by atoms with Crippen LogP contribution in [0.5, 0.6) is 0 Å². The van der Waals surface area contributed by atoms with E-state index in [1.54, 1.807) is 38.9 Å². The molecule has 1 heterocycles. The van der Waals surface area contributed by atoms with E-state index in [0.717, 1.165) is 0 Å². The summed E-state index contributed by atoms with van der Waals surface area (Å²) in [7, 11) is 0.0721. The van der Waals surface area contributed by atoms with Gasteiger partial charge in [0, 0.05) is 19.2 Å². The third kappa shape index (κ3) is 6.15. The standard InChI is InChI=1S/C11H21N3O4S/c1-9-5-10(13-18-9)6-19(16,17)12-7-11(2,15)8-14(3)4/h5,12,15H,6-8H2,1-4H3. The monoisotopic (exact) mass is 291 g/mol. The van der Waals surface area contributed by atoms with Crippen LogP contribution in [0.2, 0.25) is 0 Å². The molecule has 0 aromatic carbocycles. The van der Waals surface area contributed by atoms with Crippen LogP contribution in [0, 0.1) is 6.92 Å². The summed E-state index contributed by atoms with van der Waals surface area (Å²) in [5.74, 6) is 0.298. The lowest BCUT2D eigenvalue weighted by atomic mass is 10.1. The maximum absolute atomic E-state index is 11.8. The first-order valence-corrected chi connectivity index (χ1v) is 7.51. The van der Waals surface area contributed by atoms with Gasteiger partial charge in [-0.2, -0.15) is 0 Å². The van der Waals surface area contributed by atoms with Crippen molar-refractivity contribution in [3.8, 4) is 0 Å². The molecule has 7 nitrogen and oxygen atoms in total. The first kappa shape index (κ1) is 16.1. The molecule has 0 fully saturated rings. The average Bonchev–Trinajstić information content (AvgIpc) is 2.59. The molecule has 0 bridgehead atoms. The number of likely N-dealkylation sites (N-methyl/N-ethyl adjacent to an activating group) is 1. The van der Waals surface area contributed by atoms with E-state index < -0.39 is 15.6 Å². The Labute approximate surface area is 113 Å². The van der Waals surface area contributed by atoms with E-state index in [1.807, 2.05) is 0 Å². The molecule has 0 aliphatic carbocycles. The van der Waals surface area contributed by atoms with Crippen LogP contribution in [-0.4, -0.2) is 56.4 Å². The van der Waals surface area contributed by atoms with E-state index >= 15 is 0 Å². The van der Waals surface area contributed by atoms with Crippen molar-refractivity contribution in [3.63, 3.8) is 0 Å². The lowest BCUT2D eigenvalue weighted by molar-refractivity contribution is 0.0386. The first-order chi connectivity index (χ1) is 8.60. The number of hydrogen-bond donors (Lipinski definition) is 2. The van der Waals surface area contributed by atoms with Gasteiger partial charge < -0.3 is 14.5 Å². The third-order valence-electron chi connectivity index (χ3n) is 2.34. The van der Waals surface area contributed by atoms with Gasteiger partial charge in [-0.3, -0.25) is 0 Å². The molecule has 1 aromatic rings. The number of nitrogens with zero attached hydrogens (tertiary/aromatic N) is 2. The Morgan fingerprint density at radius 3 is 2.63 bits per heavy atom. The molecule has 1 aromatic heterocycles. The molecule has 0 aliphatic rings. The van der Waals surface area contributed by atoms with Crippen molar-refractivity contribution in [1.82, 2.24) is 14.8 Å². The minimum atomic E-state index is -3.54. The van der Waals surface area contributed by atoms with Crippen LogP contribution in [0.1, 0.15) is 18.4 Å². The van der Waals surface area contributed by atoms with E-state index in [2.05, 4.69) is 9.88 Å². The Kier molecular flexibility index (Phi) is 5.08. The molecule has 0 radical (unpaired) electrons. The smallest absolute Gasteiger partial charge is 0.217 e. The molecular weight excluding hydrogens is 270 g/mol. The summed E-state index contributed by atoms with van der Waals surface area (Å²) in [5, 5.41) is 13.6. The predicted molar refractivity (Wildman–Crippen MR) is 71.0 cm³/mol. The number of rotatable bonds is 7. The molecule has 110 valence electrons. The van der Waals surface area contributed by atoms with Gasteiger partial charge in [0.15, 0.2) is 0 Å². The lowest BCUT2D eigenvalue weighted by Crippen LogP contribution is -2.47. The molecule has 0 saturated heterocycles. The van der Waals surface area contributed by atoms with Gasteiger partial charge >= 0.3 is 0 Å². The summed E-state index contributed by atoms with van der Waals surface area (Å²) < 4.78 is 30.8. The summed E-state index contributed by atoms with van der Waals surface area (Å²) in [4.78, 5) is 1.79. The highest BCUT2D eigenvalue weighted by Gasteiger charge is 2.24. The third-order valence-corrected chi connectivity index (χ3v) is 3.60. The van der Waals surface area contributed by atoms with Gasteiger partial charge in [0.2, 0.25) is 10.0 Å². The molecule has 0 amide bonds. The van der Waals surface area contributed by atoms with Crippen molar-refractivity contribution in [3.05, 3.63) is 17.5 Å². The van der Waals surface area contributed by atoms with Crippen LogP contribution in [-0.2, 0) is 15.8 Å². The molecular formula is C11H21N3O4S. The van der Waals surface area contributed by atoms with Crippen molar-refractivity contribution in [2.24, 2.45) is 0 Å². The molecule has 0 aliphatic heterocycles. The maximum atomic E-state index is 11.8. The number of aromatic nitrogens is 1. The highest BCUT2D eigenvalue weighted by Crippen LogP contribution is 2.08. The normalized spacial score (nSPS) is 15.7. The molecule has 1 rings (SSSR count). The minimum Gasteiger partial charge on any atom is -0.387 e. The summed E-state index contributed by atoms with van der Waals surface area (Å²) in [6, 6.07) is 1.57. The van der Waals surface area contributed by atoms with Crippen LogP contribution >= 0.6 is 0 Å². The van der Waals surface area contributed by atoms with Crippen molar-refractivity contribution >= 4 is 10.0 Å². The molecule has 0 spiro atoms. The fourth-order valence-electron chi connectivity index (χ4n) is 1.73. The second-order valence-corrected chi connectivity index (χ2v) is 7.05. The second kappa shape index (κ2) is 6.00. The Hall–Kier alpha value is -0.960. The maximum Gasteiger partial charge on any atom is 0.217 e. The highest BCUT2D eigenvalue weighted by atomic mass is 32.2. The fourth-order valence-corrected chi connectivity index (χ4v) is 2.89. The number of sulfonamides is 1. The minimum absolute atomic E-state index is 0.0512. The molecule has 1 atom stereocenters. The first-order valence-electron chi connectivity index (χ1n) is 5.86. The van der Waals surface area contributed by atoms with Crippen LogP contribution in [0.15, 0.2) is 10.6 Å². The second-order valence-electron chi connectivity index (χ2n) is 5.24. The van der Waals surface area contributed by atoms with Crippen LogP contribution in [0.25, 0.3) is 0 Å². The van der Waals surface area contributed by atoms with Gasteiger partial charge in [-0.15, -0.1) is 0 Å². The quantitative estimate of drug-likeness (QED) is 0.717. The van der Waals surface area contributed by atoms with E-state index in [1.165, 1.54) is 0 Å². The van der Waals surface area contributed by atoms with E-state index in [9.17, 15) is 13.5 Å². The Bertz CT molecular complexity index is 508. The summed E-state index contributed by atoms with van der Waals surface area (Å²) >= 11 is 0. The lowest BCUT2D eigenvalue weighted by Gasteiger charge is -2.26. The SMILES string of the molecule is Cc1cc(CS(=O)(=O)NCC(C)(O)CN(C)C)no1. The topological polar surface area (TPSA) is 95.7 Å². The fraction of sp³-hybridized carbons (Fsp3) is 0.727. The van der Waals surface area contributed by atoms with E-state index in [0.29, 0.717) is 18.0 Å². The molecule has 2 N–H and O–H groups in total. The van der Waals surface area contributed by atoms with Crippen molar-refractivity contribution in [2.75, 3.05) is 27.2 Å². The Balaban J connectivity index is 2.56. The molecule has 0 saturated carbocycles. The van der Waals surface area contributed by atoms with Gasteiger partial charge in [-0.05, 0) is 27.9 Å². The number of nitrogens with one attached hydrogen (secondary N) is 1. The Morgan fingerprint density at radius 1 is 1.53 bits per heavy atom. The van der Waals surface area contributed by atoms with Crippen molar-refractivity contribution in [2.45, 2.75) is 25.2 Å². The van der Waals surface area contributed by atoms with Gasteiger partial charge in [-0.1, -0.05) is 5.16 Å². The number of aryl methyl sites for hydroxylation is 1. The van der Waals surface area contributed by atoms with Gasteiger partial charge in [0.05, 0.1) is 5.60 Å². The van der Waals surface area contributed by atoms with Crippen LogP contribution in [0.4, 0.5) is 0 Å². The van der Waals surface area contributed by atoms with E-state index in [-0.39, 0.29) is 12.3 Å². The molecule has 1 unspecified atom stereocenters. The largest absolute Gasteiger partial charge is 0.387 e. The van der Waals surface area contributed by atoms with Crippen molar-refractivity contribution in [1.29, 1.82) is 0 Å². The van der Waals surface area contributed by atoms with Gasteiger partial charge in [0.25, 0.3) is 0 Å². The van der Waals surface area contributed by atoms with E-state index in [4.69, 9.17) is 4.52 Å². The summed E-state index contributed by atoms with van der Waals surface area (Å²) in [6.45, 7) is 3.58. The zero-order valence-corrected chi connectivity index (χ0v) is 12.5. The summed E-state index contributed by atoms with van der Waals surface area (Å²) in [6.07, 6.45) is 0. The Morgan fingerprint density at radius 2 is 2.16 bits per heavy atom. The van der Waals surface area contributed by atoms with Gasteiger partial charge in [0.1, 0.15) is 17.2 Å². The molecule has 19 heavy (non-hydrogen) atoms. The number of aliphatic hydroxyl groups is 1. The summed E-state index contributed by atoms with van der Waals surface area (Å²) in [5.41, 5.74) is -0.784. The number of hydrogen-bond acceptors (Lipinski definition) is 6. The highest BCUT2D eigenvalue weighted by molar-refractivity contribution is 7.88. The zero-order valence-electron chi connectivity index (χ0n) is 11.7. The molecule has 8 heteroatoms. The predicted octanol–water partition coefficient (Wildman–Crippen LogP) is -0.285. The average molecular weight is 291 g/mol. The van der Waals surface area contributed by atoms with Crippen LogP contribution in [0.3, 0.4) is 0 Å². The van der Waals surface area contributed by atoms with Crippen LogP contribution < -0.4 is 4.72 Å². The van der Waals surface area contributed by atoms with Gasteiger partial charge in [-0.25, -0.2) is 13.1 Å².